The minimum Gasteiger partial charge on any atom is -0.388 e. The summed E-state index contributed by atoms with van der Waals surface area (Å²) >= 11 is 0. The van der Waals surface area contributed by atoms with Crippen molar-refractivity contribution in [3.8, 4) is 0 Å². The van der Waals surface area contributed by atoms with Crippen LogP contribution >= 0.6 is 0 Å². The maximum atomic E-state index is 12.0. The summed E-state index contributed by atoms with van der Waals surface area (Å²) in [7, 11) is 0. The number of hydrogen-bond acceptors (Lipinski definition) is 8. The fourth-order valence-electron chi connectivity index (χ4n) is 3.75. The van der Waals surface area contributed by atoms with Crippen molar-refractivity contribution in [2.75, 3.05) is 18.9 Å². The number of aromatic nitrogens is 4. The molecule has 2 aromatic heterocycles. The van der Waals surface area contributed by atoms with Crippen molar-refractivity contribution in [3.63, 3.8) is 0 Å². The Morgan fingerprint density at radius 1 is 1.21 bits per heavy atom. The highest BCUT2D eigenvalue weighted by Crippen LogP contribution is 2.35. The van der Waals surface area contributed by atoms with Crippen LogP contribution in [0.4, 0.5) is 5.95 Å². The standard InChI is InChI=1S/C18H19N5O5/c19-18-21-15-12(16(25)22-18)20-8-23(15)10-6-26-11-7-27-17(28-14(11)13(10)24)9-4-2-1-3-5-9/h1-5,8,10-11,13-14,17,24H,6-7H2,(H3,19,21,22,25). The number of nitrogens with zero attached hydrogens (tertiary/aromatic N) is 3. The summed E-state index contributed by atoms with van der Waals surface area (Å²) in [5, 5.41) is 11.0. The van der Waals surface area contributed by atoms with Crippen molar-refractivity contribution in [2.45, 2.75) is 30.6 Å². The molecule has 146 valence electrons. The fourth-order valence-corrected chi connectivity index (χ4v) is 3.75. The molecular weight excluding hydrogens is 366 g/mol. The Morgan fingerprint density at radius 3 is 2.86 bits per heavy atom. The fraction of sp³-hybridized carbons (Fsp3) is 0.389. The molecule has 2 fully saturated rings. The van der Waals surface area contributed by atoms with Gasteiger partial charge in [-0.1, -0.05) is 30.3 Å². The zero-order chi connectivity index (χ0) is 19.3. The number of ether oxygens (including phenoxy) is 3. The molecule has 0 radical (unpaired) electrons. The first-order valence-electron chi connectivity index (χ1n) is 8.96. The molecule has 2 aliphatic heterocycles. The lowest BCUT2D eigenvalue weighted by Crippen LogP contribution is -2.56. The van der Waals surface area contributed by atoms with Crippen LogP contribution in [-0.4, -0.2) is 56.2 Å². The summed E-state index contributed by atoms with van der Waals surface area (Å²) in [6.45, 7) is 0.508. The van der Waals surface area contributed by atoms with E-state index in [0.717, 1.165) is 5.56 Å². The van der Waals surface area contributed by atoms with Crippen LogP contribution in [0.3, 0.4) is 0 Å². The molecule has 5 atom stereocenters. The number of rotatable bonds is 2. The van der Waals surface area contributed by atoms with Gasteiger partial charge in [-0.3, -0.25) is 9.78 Å². The summed E-state index contributed by atoms with van der Waals surface area (Å²) in [4.78, 5) is 22.7. The van der Waals surface area contributed by atoms with Gasteiger partial charge in [0.25, 0.3) is 5.56 Å². The van der Waals surface area contributed by atoms with Gasteiger partial charge in [-0.2, -0.15) is 4.98 Å². The number of aromatic amines is 1. The Balaban J connectivity index is 1.45. The number of benzene rings is 1. The first kappa shape index (κ1) is 17.3. The van der Waals surface area contributed by atoms with E-state index in [9.17, 15) is 9.90 Å². The molecular formula is C18H19N5O5. The Hall–Kier alpha value is -2.79. The maximum absolute atomic E-state index is 12.0. The van der Waals surface area contributed by atoms with Crippen LogP contribution in [0.25, 0.3) is 11.2 Å². The minimum atomic E-state index is -0.909. The Morgan fingerprint density at radius 2 is 2.04 bits per heavy atom. The maximum Gasteiger partial charge on any atom is 0.280 e. The van der Waals surface area contributed by atoms with Gasteiger partial charge in [-0.15, -0.1) is 0 Å². The lowest BCUT2D eigenvalue weighted by molar-refractivity contribution is -0.306. The van der Waals surface area contributed by atoms with Gasteiger partial charge < -0.3 is 29.6 Å². The number of aliphatic hydroxyl groups excluding tert-OH is 1. The predicted molar refractivity (Wildman–Crippen MR) is 97.4 cm³/mol. The van der Waals surface area contributed by atoms with Crippen molar-refractivity contribution in [1.82, 2.24) is 19.5 Å². The third kappa shape index (κ3) is 2.78. The molecule has 5 unspecified atom stereocenters. The lowest BCUT2D eigenvalue weighted by Gasteiger charge is -2.45. The number of imidazole rings is 1. The number of nitrogens with two attached hydrogens (primary N) is 1. The number of aliphatic hydroxyl groups is 1. The van der Waals surface area contributed by atoms with E-state index in [1.807, 2.05) is 30.3 Å². The van der Waals surface area contributed by atoms with Gasteiger partial charge in [-0.25, -0.2) is 4.98 Å². The number of nitrogen functional groups attached to an aromatic ring is 1. The molecule has 0 saturated carbocycles. The third-order valence-electron chi connectivity index (χ3n) is 5.15. The second-order valence-electron chi connectivity index (χ2n) is 6.88. The molecule has 5 rings (SSSR count). The zero-order valence-corrected chi connectivity index (χ0v) is 14.8. The van der Waals surface area contributed by atoms with Crippen LogP contribution in [-0.2, 0) is 14.2 Å². The molecule has 10 nitrogen and oxygen atoms in total. The molecule has 2 aliphatic rings. The number of hydrogen-bond donors (Lipinski definition) is 3. The lowest BCUT2D eigenvalue weighted by atomic mass is 9.97. The second kappa shape index (κ2) is 6.67. The number of fused-ring (bicyclic) bond motifs is 2. The van der Waals surface area contributed by atoms with Crippen LogP contribution in [0, 0.1) is 0 Å². The SMILES string of the molecule is Nc1nc2c(ncn2C2COC3COC(c4ccccc4)OC3C2O)c(=O)[nH]1. The van der Waals surface area contributed by atoms with Crippen LogP contribution < -0.4 is 11.3 Å². The van der Waals surface area contributed by atoms with Crippen LogP contribution in [0.15, 0.2) is 41.5 Å². The molecule has 0 aliphatic carbocycles. The van der Waals surface area contributed by atoms with Crippen LogP contribution in [0.2, 0.25) is 0 Å². The largest absolute Gasteiger partial charge is 0.388 e. The molecule has 3 aromatic rings. The average molecular weight is 385 g/mol. The van der Waals surface area contributed by atoms with E-state index in [1.54, 1.807) is 4.57 Å². The van der Waals surface area contributed by atoms with E-state index in [0.29, 0.717) is 12.3 Å². The molecule has 0 spiro atoms. The van der Waals surface area contributed by atoms with E-state index in [1.165, 1.54) is 6.33 Å². The highest BCUT2D eigenvalue weighted by Gasteiger charge is 2.46. The molecule has 0 bridgehead atoms. The van der Waals surface area contributed by atoms with Gasteiger partial charge in [0.05, 0.1) is 25.6 Å². The third-order valence-corrected chi connectivity index (χ3v) is 5.15. The number of anilines is 1. The van der Waals surface area contributed by atoms with Crippen molar-refractivity contribution in [1.29, 1.82) is 0 Å². The van der Waals surface area contributed by atoms with Gasteiger partial charge in [0.2, 0.25) is 5.95 Å². The summed E-state index contributed by atoms with van der Waals surface area (Å²) < 4.78 is 19.3. The van der Waals surface area contributed by atoms with E-state index in [4.69, 9.17) is 19.9 Å². The minimum absolute atomic E-state index is 0.0187. The molecule has 0 amide bonds. The van der Waals surface area contributed by atoms with E-state index in [-0.39, 0.29) is 24.2 Å². The molecule has 4 heterocycles. The van der Waals surface area contributed by atoms with E-state index in [2.05, 4.69) is 15.0 Å². The van der Waals surface area contributed by atoms with E-state index < -0.39 is 30.1 Å². The summed E-state index contributed by atoms with van der Waals surface area (Å²) in [5.41, 5.74) is 6.54. The van der Waals surface area contributed by atoms with Crippen LogP contribution in [0.5, 0.6) is 0 Å². The first-order chi connectivity index (χ1) is 13.6. The predicted octanol–water partition coefficient (Wildman–Crippen LogP) is 0.117. The smallest absolute Gasteiger partial charge is 0.280 e. The van der Waals surface area contributed by atoms with E-state index >= 15 is 0 Å². The molecule has 10 heteroatoms. The van der Waals surface area contributed by atoms with Gasteiger partial charge in [-0.05, 0) is 0 Å². The highest BCUT2D eigenvalue weighted by atomic mass is 16.7. The van der Waals surface area contributed by atoms with Crippen molar-refractivity contribution >= 4 is 17.1 Å². The molecule has 1 aromatic carbocycles. The highest BCUT2D eigenvalue weighted by molar-refractivity contribution is 5.70. The average Bonchev–Trinajstić information content (AvgIpc) is 3.13. The van der Waals surface area contributed by atoms with Crippen molar-refractivity contribution in [2.24, 2.45) is 0 Å². The topological polar surface area (TPSA) is 138 Å². The first-order valence-corrected chi connectivity index (χ1v) is 8.96. The van der Waals surface area contributed by atoms with Gasteiger partial charge in [0, 0.05) is 5.56 Å². The van der Waals surface area contributed by atoms with Gasteiger partial charge in [0.15, 0.2) is 17.5 Å². The van der Waals surface area contributed by atoms with Crippen LogP contribution in [0.1, 0.15) is 17.9 Å². The van der Waals surface area contributed by atoms with Crippen molar-refractivity contribution in [3.05, 3.63) is 52.6 Å². The number of nitrogens with one attached hydrogen (secondary N) is 1. The summed E-state index contributed by atoms with van der Waals surface area (Å²) in [6.07, 6.45) is -1.03. The molecule has 2 saturated heterocycles. The summed E-state index contributed by atoms with van der Waals surface area (Å²) in [6, 6.07) is 8.98. The normalized spacial score (nSPS) is 30.2. The molecule has 28 heavy (non-hydrogen) atoms. The summed E-state index contributed by atoms with van der Waals surface area (Å²) in [5.74, 6) is -0.0187. The zero-order valence-electron chi connectivity index (χ0n) is 14.8. The Labute approximate surface area is 158 Å². The second-order valence-corrected chi connectivity index (χ2v) is 6.88. The molecule has 4 N–H and O–H groups in total. The Kier molecular flexibility index (Phi) is 4.13. The van der Waals surface area contributed by atoms with Gasteiger partial charge in [0.1, 0.15) is 18.3 Å². The Bertz CT molecular complexity index is 1050. The quantitative estimate of drug-likeness (QED) is 0.565. The van der Waals surface area contributed by atoms with Gasteiger partial charge >= 0.3 is 0 Å². The number of H-pyrrole nitrogens is 1. The monoisotopic (exact) mass is 385 g/mol. The van der Waals surface area contributed by atoms with Crippen molar-refractivity contribution < 1.29 is 19.3 Å².